The summed E-state index contributed by atoms with van der Waals surface area (Å²) < 4.78 is 29.3. The third kappa shape index (κ3) is 2.28. The Labute approximate surface area is 169 Å². The summed E-state index contributed by atoms with van der Waals surface area (Å²) in [5.74, 6) is -2.96. The van der Waals surface area contributed by atoms with Gasteiger partial charge in [-0.25, -0.2) is 13.5 Å². The second-order valence-electron chi connectivity index (χ2n) is 7.99. The second kappa shape index (κ2) is 5.71. The minimum absolute atomic E-state index is 0.00123. The summed E-state index contributed by atoms with van der Waals surface area (Å²) in [6, 6.07) is 11.6. The molecule has 7 nitrogen and oxygen atoms in total. The molecule has 9 heteroatoms. The van der Waals surface area contributed by atoms with Crippen LogP contribution in [-0.4, -0.2) is 32.3 Å². The summed E-state index contributed by atoms with van der Waals surface area (Å²) in [7, 11) is 0. The first-order valence-electron chi connectivity index (χ1n) is 9.56. The van der Waals surface area contributed by atoms with E-state index in [1.54, 1.807) is 4.68 Å². The van der Waals surface area contributed by atoms with Crippen LogP contribution < -0.4 is 10.6 Å². The molecule has 150 valence electrons. The van der Waals surface area contributed by atoms with Crippen molar-refractivity contribution in [2.24, 2.45) is 11.8 Å². The highest BCUT2D eigenvalue weighted by molar-refractivity contribution is 6.10. The van der Waals surface area contributed by atoms with Crippen LogP contribution in [0.2, 0.25) is 0 Å². The van der Waals surface area contributed by atoms with Gasteiger partial charge < -0.3 is 10.6 Å². The van der Waals surface area contributed by atoms with E-state index in [0.29, 0.717) is 12.1 Å². The molecule has 1 aromatic heterocycles. The molecule has 3 unspecified atom stereocenters. The van der Waals surface area contributed by atoms with Crippen LogP contribution in [0.4, 0.5) is 14.5 Å². The Hall–Kier alpha value is -3.62. The molecule has 30 heavy (non-hydrogen) atoms. The second-order valence-corrected chi connectivity index (χ2v) is 7.99. The first-order chi connectivity index (χ1) is 14.5. The van der Waals surface area contributed by atoms with Gasteiger partial charge in [-0.2, -0.15) is 0 Å². The molecule has 2 heterocycles. The maximum Gasteiger partial charge on any atom is 0.274 e. The first kappa shape index (κ1) is 17.3. The van der Waals surface area contributed by atoms with E-state index in [1.165, 1.54) is 12.3 Å². The molecular weight excluding hydrogens is 392 g/mol. The van der Waals surface area contributed by atoms with Crippen molar-refractivity contribution in [2.75, 3.05) is 5.32 Å². The van der Waals surface area contributed by atoms with Crippen molar-refractivity contribution in [2.45, 2.75) is 18.0 Å². The fraction of sp³-hybridized carbons (Fsp3) is 0.238. The van der Waals surface area contributed by atoms with Gasteiger partial charge in [0, 0.05) is 17.9 Å². The zero-order chi connectivity index (χ0) is 20.6. The van der Waals surface area contributed by atoms with Gasteiger partial charge in [0.1, 0.15) is 17.2 Å². The lowest BCUT2D eigenvalue weighted by Gasteiger charge is -2.22. The summed E-state index contributed by atoms with van der Waals surface area (Å²) in [5.41, 5.74) is 0.449. The van der Waals surface area contributed by atoms with Gasteiger partial charge in [0.05, 0.1) is 18.4 Å². The number of halogens is 2. The molecule has 0 radical (unpaired) electrons. The number of nitrogens with zero attached hydrogens (tertiary/aromatic N) is 3. The van der Waals surface area contributed by atoms with E-state index in [2.05, 4.69) is 20.9 Å². The van der Waals surface area contributed by atoms with E-state index in [1.807, 2.05) is 30.3 Å². The van der Waals surface area contributed by atoms with Crippen molar-refractivity contribution in [1.29, 1.82) is 0 Å². The van der Waals surface area contributed by atoms with E-state index in [4.69, 9.17) is 0 Å². The molecule has 2 amide bonds. The minimum Gasteiger partial charge on any atom is -0.336 e. The van der Waals surface area contributed by atoms with Crippen LogP contribution >= 0.6 is 0 Å². The van der Waals surface area contributed by atoms with E-state index < -0.39 is 29.0 Å². The lowest BCUT2D eigenvalue weighted by Crippen LogP contribution is -2.51. The largest absolute Gasteiger partial charge is 0.336 e. The molecule has 2 aliphatic carbocycles. The number of nitrogens with one attached hydrogen (secondary N) is 2. The van der Waals surface area contributed by atoms with Crippen LogP contribution in [0.15, 0.2) is 48.7 Å². The maximum atomic E-state index is 14.2. The number of carbonyl (C=O) groups is 2. The molecule has 6 rings (SSSR count). The summed E-state index contributed by atoms with van der Waals surface area (Å²) in [4.78, 5) is 25.5. The van der Waals surface area contributed by atoms with Crippen molar-refractivity contribution in [1.82, 2.24) is 20.3 Å². The normalized spacial score (nSPS) is 27.4. The number of anilines is 1. The SMILES string of the molecule is O=C(NC12C(=O)Nc3c(F)cc(F)cc3C3C1[C@@H]32)c1cn(Cc2ccccc2)nn1. The first-order valence-corrected chi connectivity index (χ1v) is 9.56. The quantitative estimate of drug-likeness (QED) is 0.693. The molecule has 0 saturated heterocycles. The van der Waals surface area contributed by atoms with Crippen molar-refractivity contribution in [3.05, 3.63) is 77.1 Å². The van der Waals surface area contributed by atoms with E-state index in [0.717, 1.165) is 11.6 Å². The topological polar surface area (TPSA) is 88.9 Å². The average molecular weight is 407 g/mol. The Bertz CT molecular complexity index is 1220. The zero-order valence-corrected chi connectivity index (χ0v) is 15.5. The van der Waals surface area contributed by atoms with Gasteiger partial charge >= 0.3 is 0 Å². The molecule has 2 N–H and O–H groups in total. The average Bonchev–Trinajstić information content (AvgIpc) is 3.57. The van der Waals surface area contributed by atoms with Crippen LogP contribution in [0.3, 0.4) is 0 Å². The number of amides is 2. The fourth-order valence-electron chi connectivity index (χ4n) is 4.82. The van der Waals surface area contributed by atoms with Crippen molar-refractivity contribution >= 4 is 17.5 Å². The van der Waals surface area contributed by atoms with Crippen LogP contribution in [-0.2, 0) is 11.3 Å². The van der Waals surface area contributed by atoms with Crippen LogP contribution in [0, 0.1) is 23.5 Å². The van der Waals surface area contributed by atoms with Gasteiger partial charge in [-0.15, -0.1) is 5.10 Å². The lowest BCUT2D eigenvalue weighted by atomic mass is 9.92. The van der Waals surface area contributed by atoms with Crippen LogP contribution in [0.1, 0.15) is 27.5 Å². The predicted octanol–water partition coefficient (Wildman–Crippen LogP) is 2.07. The van der Waals surface area contributed by atoms with Gasteiger partial charge in [0.25, 0.3) is 11.8 Å². The van der Waals surface area contributed by atoms with Crippen LogP contribution in [0.25, 0.3) is 0 Å². The Morgan fingerprint density at radius 1 is 1.20 bits per heavy atom. The Balaban J connectivity index is 1.21. The summed E-state index contributed by atoms with van der Waals surface area (Å²) in [5, 5.41) is 13.2. The summed E-state index contributed by atoms with van der Waals surface area (Å²) >= 11 is 0. The van der Waals surface area contributed by atoms with E-state index >= 15 is 0 Å². The molecular formula is C21H15F2N5O2. The zero-order valence-electron chi connectivity index (χ0n) is 15.5. The number of aromatic nitrogens is 3. The fourth-order valence-corrected chi connectivity index (χ4v) is 4.82. The lowest BCUT2D eigenvalue weighted by molar-refractivity contribution is -0.120. The van der Waals surface area contributed by atoms with Crippen molar-refractivity contribution in [3.8, 4) is 0 Å². The van der Waals surface area contributed by atoms with Crippen molar-refractivity contribution in [3.63, 3.8) is 0 Å². The molecule has 0 bridgehead atoms. The number of rotatable bonds is 4. The van der Waals surface area contributed by atoms with Gasteiger partial charge in [-0.1, -0.05) is 35.5 Å². The third-order valence-electron chi connectivity index (χ3n) is 6.30. The summed E-state index contributed by atoms with van der Waals surface area (Å²) in [6.45, 7) is 0.459. The molecule has 1 aliphatic heterocycles. The number of fused-ring (bicyclic) bond motifs is 4. The van der Waals surface area contributed by atoms with Gasteiger partial charge in [0.2, 0.25) is 0 Å². The molecule has 0 spiro atoms. The molecule has 2 fully saturated rings. The molecule has 2 saturated carbocycles. The monoisotopic (exact) mass is 407 g/mol. The molecule has 2 aromatic carbocycles. The Kier molecular flexibility index (Phi) is 3.29. The maximum absolute atomic E-state index is 14.2. The predicted molar refractivity (Wildman–Crippen MR) is 100 cm³/mol. The highest BCUT2D eigenvalue weighted by Gasteiger charge is 2.89. The number of hydrogen-bond acceptors (Lipinski definition) is 4. The highest BCUT2D eigenvalue weighted by atomic mass is 19.1. The van der Waals surface area contributed by atoms with Gasteiger partial charge in [0.15, 0.2) is 5.69 Å². The Morgan fingerprint density at radius 2 is 1.97 bits per heavy atom. The minimum atomic E-state index is -1.10. The van der Waals surface area contributed by atoms with Gasteiger partial charge in [-0.3, -0.25) is 9.59 Å². The molecule has 3 aromatic rings. The van der Waals surface area contributed by atoms with E-state index in [9.17, 15) is 18.4 Å². The van der Waals surface area contributed by atoms with Crippen LogP contribution in [0.5, 0.6) is 0 Å². The molecule has 4 atom stereocenters. The third-order valence-corrected chi connectivity index (χ3v) is 6.30. The van der Waals surface area contributed by atoms with Gasteiger partial charge in [-0.05, 0) is 23.1 Å². The van der Waals surface area contributed by atoms with E-state index in [-0.39, 0.29) is 29.1 Å². The number of hydrogen-bond donors (Lipinski definition) is 2. The number of benzene rings is 2. The number of carbonyl (C=O) groups excluding carboxylic acids is 2. The molecule has 3 aliphatic rings. The summed E-state index contributed by atoms with van der Waals surface area (Å²) in [6.07, 6.45) is 1.52. The smallest absolute Gasteiger partial charge is 0.274 e. The van der Waals surface area contributed by atoms with Crippen molar-refractivity contribution < 1.29 is 18.4 Å². The Morgan fingerprint density at radius 3 is 2.73 bits per heavy atom. The highest BCUT2D eigenvalue weighted by Crippen LogP contribution is 2.81. The standard InChI is InChI=1S/C21H15F2N5O2/c22-11-6-12-15-16-17(15)21(16,20(30)24-18(12)13(23)7-11)25-19(29)14-9-28(27-26-14)8-10-4-2-1-3-5-10/h1-7,9,15-17H,8H2,(H,24,30)(H,25,29)/t15?,16-,17?,21?/m1/s1.